The van der Waals surface area contributed by atoms with Gasteiger partial charge in [0.2, 0.25) is 5.91 Å². The minimum atomic E-state index is -0.493. The summed E-state index contributed by atoms with van der Waals surface area (Å²) < 4.78 is 10.9. The zero-order valence-corrected chi connectivity index (χ0v) is 19.1. The van der Waals surface area contributed by atoms with Crippen LogP contribution in [0.25, 0.3) is 32.9 Å². The van der Waals surface area contributed by atoms with Crippen LogP contribution in [-0.2, 0) is 0 Å². The Bertz CT molecular complexity index is 1600. The fraction of sp³-hybridized carbons (Fsp3) is 0.0769. The van der Waals surface area contributed by atoms with Crippen LogP contribution in [0.1, 0.15) is 10.4 Å². The van der Waals surface area contributed by atoms with Crippen molar-refractivity contribution in [3.8, 4) is 22.8 Å². The van der Waals surface area contributed by atoms with E-state index in [0.717, 1.165) is 32.9 Å². The van der Waals surface area contributed by atoms with Crippen molar-refractivity contribution in [3.05, 3.63) is 72.7 Å². The number of fused-ring (bicyclic) bond motifs is 3. The highest BCUT2D eigenvalue weighted by Crippen LogP contribution is 2.37. The molecule has 5 N–H and O–H groups in total. The average Bonchev–Trinajstić information content (AvgIpc) is 2.87. The van der Waals surface area contributed by atoms with Gasteiger partial charge < -0.3 is 26.3 Å². The number of benzene rings is 2. The lowest BCUT2D eigenvalue weighted by molar-refractivity contribution is 0.100. The standard InChI is InChI=1S/C26H22N6O3/c1-34-23-9-19-18-8-21(32-25(27)20(18)13-30-22(19)10-24(23)35-2)15-7-17(12-29-11-15)31-16-5-3-4-14(6-16)26(28)33/h3-13,31H,1-2H3,(H2,27,32)(H2,28,33). The third-order valence-electron chi connectivity index (χ3n) is 5.68. The molecule has 2 aromatic carbocycles. The number of nitrogen functional groups attached to an aromatic ring is 1. The molecule has 9 nitrogen and oxygen atoms in total. The van der Waals surface area contributed by atoms with Crippen molar-refractivity contribution in [2.75, 3.05) is 25.3 Å². The summed E-state index contributed by atoms with van der Waals surface area (Å²) in [6, 6.07) is 14.5. The number of primary amides is 1. The second kappa shape index (κ2) is 8.79. The number of amides is 1. The molecule has 0 fully saturated rings. The molecule has 35 heavy (non-hydrogen) atoms. The molecule has 3 aromatic heterocycles. The van der Waals surface area contributed by atoms with Crippen LogP contribution in [0.3, 0.4) is 0 Å². The minimum absolute atomic E-state index is 0.356. The van der Waals surface area contributed by atoms with Crippen molar-refractivity contribution < 1.29 is 14.3 Å². The first-order chi connectivity index (χ1) is 17.0. The van der Waals surface area contributed by atoms with Gasteiger partial charge >= 0.3 is 0 Å². The van der Waals surface area contributed by atoms with Gasteiger partial charge in [-0.1, -0.05) is 6.07 Å². The Kier molecular flexibility index (Phi) is 5.50. The summed E-state index contributed by atoms with van der Waals surface area (Å²) in [4.78, 5) is 25.0. The van der Waals surface area contributed by atoms with Gasteiger partial charge in [-0.15, -0.1) is 0 Å². The van der Waals surface area contributed by atoms with Crippen LogP contribution in [0.2, 0.25) is 0 Å². The highest BCUT2D eigenvalue weighted by Gasteiger charge is 2.14. The number of nitrogens with zero attached hydrogens (tertiary/aromatic N) is 3. The number of nitrogens with one attached hydrogen (secondary N) is 1. The SMILES string of the molecule is COc1cc2ncc3c(N)nc(-c4cncc(Nc5cccc(C(N)=O)c5)c4)cc3c2cc1OC. The van der Waals surface area contributed by atoms with Crippen molar-refractivity contribution in [2.24, 2.45) is 5.73 Å². The second-order valence-corrected chi connectivity index (χ2v) is 7.87. The zero-order chi connectivity index (χ0) is 24.5. The van der Waals surface area contributed by atoms with Gasteiger partial charge in [0.1, 0.15) is 5.82 Å². The fourth-order valence-corrected chi connectivity index (χ4v) is 3.97. The average molecular weight is 467 g/mol. The predicted octanol–water partition coefficient (Wildman–Crippen LogP) is 4.29. The summed E-state index contributed by atoms with van der Waals surface area (Å²) in [5.74, 6) is 1.05. The van der Waals surface area contributed by atoms with E-state index in [1.54, 1.807) is 51.0 Å². The molecule has 9 heteroatoms. The van der Waals surface area contributed by atoms with Crippen LogP contribution in [0, 0.1) is 0 Å². The second-order valence-electron chi connectivity index (χ2n) is 7.87. The maximum atomic E-state index is 11.5. The molecule has 0 atom stereocenters. The normalized spacial score (nSPS) is 10.9. The highest BCUT2D eigenvalue weighted by molar-refractivity contribution is 6.10. The number of ether oxygens (including phenoxy) is 2. The number of methoxy groups -OCH3 is 2. The van der Waals surface area contributed by atoms with E-state index in [2.05, 4.69) is 20.3 Å². The number of aromatic nitrogens is 3. The number of nitrogens with two attached hydrogens (primary N) is 2. The van der Waals surface area contributed by atoms with E-state index >= 15 is 0 Å². The number of carbonyl (C=O) groups excluding carboxylic acids is 1. The molecule has 0 radical (unpaired) electrons. The Morgan fingerprint density at radius 3 is 2.46 bits per heavy atom. The van der Waals surface area contributed by atoms with Crippen molar-refractivity contribution in [1.82, 2.24) is 15.0 Å². The molecular formula is C26H22N6O3. The summed E-state index contributed by atoms with van der Waals surface area (Å²) in [6.07, 6.45) is 5.10. The van der Waals surface area contributed by atoms with Gasteiger partial charge in [0, 0.05) is 46.0 Å². The topological polar surface area (TPSA) is 138 Å². The first-order valence-corrected chi connectivity index (χ1v) is 10.7. The van der Waals surface area contributed by atoms with Crippen molar-refractivity contribution >= 4 is 44.8 Å². The van der Waals surface area contributed by atoms with E-state index in [1.807, 2.05) is 30.3 Å². The van der Waals surface area contributed by atoms with E-state index in [4.69, 9.17) is 20.9 Å². The Morgan fingerprint density at radius 2 is 1.69 bits per heavy atom. The van der Waals surface area contributed by atoms with Gasteiger partial charge in [-0.25, -0.2) is 4.98 Å². The Hall–Kier alpha value is -4.92. The quantitative estimate of drug-likeness (QED) is 0.315. The van der Waals surface area contributed by atoms with Crippen LogP contribution in [0.15, 0.2) is 67.1 Å². The smallest absolute Gasteiger partial charge is 0.248 e. The molecule has 0 saturated carbocycles. The van der Waals surface area contributed by atoms with Gasteiger partial charge in [0.25, 0.3) is 0 Å². The van der Waals surface area contributed by atoms with Crippen molar-refractivity contribution in [1.29, 1.82) is 0 Å². The third kappa shape index (κ3) is 4.10. The molecule has 1 amide bonds. The Balaban J connectivity index is 1.60. The van der Waals surface area contributed by atoms with Crippen LogP contribution < -0.4 is 26.3 Å². The maximum Gasteiger partial charge on any atom is 0.248 e. The van der Waals surface area contributed by atoms with E-state index in [0.29, 0.717) is 34.3 Å². The molecule has 0 spiro atoms. The summed E-state index contributed by atoms with van der Waals surface area (Å²) in [5.41, 5.74) is 15.7. The molecule has 0 aliphatic carbocycles. The highest BCUT2D eigenvalue weighted by atomic mass is 16.5. The molecular weight excluding hydrogens is 444 g/mol. The number of hydrogen-bond acceptors (Lipinski definition) is 8. The maximum absolute atomic E-state index is 11.5. The largest absolute Gasteiger partial charge is 0.493 e. The van der Waals surface area contributed by atoms with Crippen LogP contribution in [-0.4, -0.2) is 35.1 Å². The number of carbonyl (C=O) groups is 1. The molecule has 0 unspecified atom stereocenters. The first-order valence-electron chi connectivity index (χ1n) is 10.7. The minimum Gasteiger partial charge on any atom is -0.493 e. The van der Waals surface area contributed by atoms with Crippen molar-refractivity contribution in [3.63, 3.8) is 0 Å². The monoisotopic (exact) mass is 466 g/mol. The van der Waals surface area contributed by atoms with Gasteiger partial charge in [0.05, 0.1) is 37.3 Å². The van der Waals surface area contributed by atoms with Crippen molar-refractivity contribution in [2.45, 2.75) is 0 Å². The van der Waals surface area contributed by atoms with Crippen LogP contribution in [0.5, 0.6) is 11.5 Å². The zero-order valence-electron chi connectivity index (χ0n) is 19.1. The van der Waals surface area contributed by atoms with Gasteiger partial charge in [-0.2, -0.15) is 0 Å². The van der Waals surface area contributed by atoms with E-state index in [1.165, 1.54) is 0 Å². The third-order valence-corrected chi connectivity index (χ3v) is 5.68. The van der Waals surface area contributed by atoms with Crippen LogP contribution >= 0.6 is 0 Å². The summed E-state index contributed by atoms with van der Waals surface area (Å²) in [7, 11) is 3.18. The van der Waals surface area contributed by atoms with Gasteiger partial charge in [-0.3, -0.25) is 14.8 Å². The molecule has 0 saturated heterocycles. The van der Waals surface area contributed by atoms with E-state index < -0.39 is 5.91 Å². The number of pyridine rings is 3. The lowest BCUT2D eigenvalue weighted by Crippen LogP contribution is -2.10. The summed E-state index contributed by atoms with van der Waals surface area (Å²) >= 11 is 0. The molecule has 3 heterocycles. The molecule has 0 aliphatic rings. The fourth-order valence-electron chi connectivity index (χ4n) is 3.97. The van der Waals surface area contributed by atoms with E-state index in [9.17, 15) is 4.79 Å². The van der Waals surface area contributed by atoms with Gasteiger partial charge in [-0.05, 0) is 41.8 Å². The Labute approximate surface area is 200 Å². The first kappa shape index (κ1) is 21.9. The molecule has 5 aromatic rings. The number of hydrogen-bond donors (Lipinski definition) is 3. The molecule has 174 valence electrons. The molecule has 0 aliphatic heterocycles. The van der Waals surface area contributed by atoms with E-state index in [-0.39, 0.29) is 0 Å². The summed E-state index contributed by atoms with van der Waals surface area (Å²) in [6.45, 7) is 0. The predicted molar refractivity (Wildman–Crippen MR) is 136 cm³/mol. The Morgan fingerprint density at radius 1 is 0.886 bits per heavy atom. The van der Waals surface area contributed by atoms with Gasteiger partial charge in [0.15, 0.2) is 11.5 Å². The summed E-state index contributed by atoms with van der Waals surface area (Å²) in [5, 5.41) is 5.73. The lowest BCUT2D eigenvalue weighted by atomic mass is 10.0. The molecule has 5 rings (SSSR count). The lowest BCUT2D eigenvalue weighted by Gasteiger charge is -2.13. The molecule has 0 bridgehead atoms. The number of rotatable bonds is 6. The number of anilines is 3. The van der Waals surface area contributed by atoms with Crippen LogP contribution in [0.4, 0.5) is 17.2 Å².